The molecule has 1 aromatic carbocycles. The lowest BCUT2D eigenvalue weighted by atomic mass is 10.1. The minimum atomic E-state index is 0.0384. The average molecular weight is 236 g/mol. The van der Waals surface area contributed by atoms with E-state index in [1.54, 1.807) is 26.1 Å². The maximum absolute atomic E-state index is 11.8. The molecule has 1 aromatic rings. The second kappa shape index (κ2) is 5.68. The third kappa shape index (κ3) is 2.97. The van der Waals surface area contributed by atoms with Crippen LogP contribution in [0.15, 0.2) is 12.1 Å². The SMILES string of the molecule is CNCC(=O)N(C)c1cc(C)c(OC)c(C)c1. The number of nitrogens with zero attached hydrogens (tertiary/aromatic N) is 1. The highest BCUT2D eigenvalue weighted by molar-refractivity contribution is 5.94. The predicted octanol–water partition coefficient (Wildman–Crippen LogP) is 1.49. The fraction of sp³-hybridized carbons (Fsp3) is 0.462. The summed E-state index contributed by atoms with van der Waals surface area (Å²) in [6.07, 6.45) is 0. The van der Waals surface area contributed by atoms with Gasteiger partial charge in [-0.3, -0.25) is 4.79 Å². The number of hydrogen-bond donors (Lipinski definition) is 1. The van der Waals surface area contributed by atoms with E-state index in [-0.39, 0.29) is 5.91 Å². The number of nitrogens with one attached hydrogen (secondary N) is 1. The van der Waals surface area contributed by atoms with E-state index in [2.05, 4.69) is 5.32 Å². The highest BCUT2D eigenvalue weighted by atomic mass is 16.5. The van der Waals surface area contributed by atoms with Crippen molar-refractivity contribution < 1.29 is 9.53 Å². The van der Waals surface area contributed by atoms with Gasteiger partial charge in [-0.05, 0) is 44.2 Å². The summed E-state index contributed by atoms with van der Waals surface area (Å²) in [5.74, 6) is 0.916. The normalized spacial score (nSPS) is 10.2. The summed E-state index contributed by atoms with van der Waals surface area (Å²) in [6.45, 7) is 4.29. The molecule has 0 atom stereocenters. The molecule has 0 aliphatic rings. The van der Waals surface area contributed by atoms with E-state index < -0.39 is 0 Å². The van der Waals surface area contributed by atoms with Gasteiger partial charge < -0.3 is 15.0 Å². The molecule has 0 bridgehead atoms. The van der Waals surface area contributed by atoms with Gasteiger partial charge in [0.05, 0.1) is 13.7 Å². The molecule has 94 valence electrons. The molecule has 0 fully saturated rings. The zero-order chi connectivity index (χ0) is 13.0. The molecule has 0 radical (unpaired) electrons. The van der Waals surface area contributed by atoms with Crippen molar-refractivity contribution in [2.45, 2.75) is 13.8 Å². The van der Waals surface area contributed by atoms with Crippen LogP contribution in [0.4, 0.5) is 5.69 Å². The first-order chi connectivity index (χ1) is 8.01. The Morgan fingerprint density at radius 2 is 1.88 bits per heavy atom. The van der Waals surface area contributed by atoms with Crippen LogP contribution in [0, 0.1) is 13.8 Å². The molecule has 0 aliphatic carbocycles. The van der Waals surface area contributed by atoms with E-state index in [0.29, 0.717) is 6.54 Å². The van der Waals surface area contributed by atoms with Crippen LogP contribution in [0.1, 0.15) is 11.1 Å². The van der Waals surface area contributed by atoms with Gasteiger partial charge in [0.1, 0.15) is 5.75 Å². The zero-order valence-corrected chi connectivity index (χ0v) is 11.1. The Morgan fingerprint density at radius 1 is 1.35 bits per heavy atom. The Morgan fingerprint density at radius 3 is 2.29 bits per heavy atom. The standard InChI is InChI=1S/C13H20N2O2/c1-9-6-11(7-10(2)13(9)17-5)15(4)12(16)8-14-3/h6-7,14H,8H2,1-5H3. The number of methoxy groups -OCH3 is 1. The highest BCUT2D eigenvalue weighted by Gasteiger charge is 2.13. The van der Waals surface area contributed by atoms with E-state index in [1.165, 1.54) is 0 Å². The number of benzene rings is 1. The lowest BCUT2D eigenvalue weighted by Gasteiger charge is -2.20. The van der Waals surface area contributed by atoms with Crippen molar-refractivity contribution in [2.75, 3.05) is 32.6 Å². The monoisotopic (exact) mass is 236 g/mol. The third-order valence-corrected chi connectivity index (χ3v) is 2.74. The van der Waals surface area contributed by atoms with E-state index in [0.717, 1.165) is 22.6 Å². The van der Waals surface area contributed by atoms with E-state index in [9.17, 15) is 4.79 Å². The lowest BCUT2D eigenvalue weighted by Crippen LogP contribution is -2.34. The zero-order valence-electron chi connectivity index (χ0n) is 11.1. The molecular weight excluding hydrogens is 216 g/mol. The number of likely N-dealkylation sites (N-methyl/N-ethyl adjacent to an activating group) is 2. The molecule has 0 aromatic heterocycles. The summed E-state index contributed by atoms with van der Waals surface area (Å²) < 4.78 is 5.30. The first-order valence-corrected chi connectivity index (χ1v) is 5.57. The molecule has 4 nitrogen and oxygen atoms in total. The Hall–Kier alpha value is -1.55. The third-order valence-electron chi connectivity index (χ3n) is 2.74. The topological polar surface area (TPSA) is 41.6 Å². The van der Waals surface area contributed by atoms with Gasteiger partial charge >= 0.3 is 0 Å². The van der Waals surface area contributed by atoms with Gasteiger partial charge in [0.2, 0.25) is 5.91 Å². The summed E-state index contributed by atoms with van der Waals surface area (Å²) >= 11 is 0. The first kappa shape index (κ1) is 13.5. The highest BCUT2D eigenvalue weighted by Crippen LogP contribution is 2.28. The fourth-order valence-electron chi connectivity index (χ4n) is 1.86. The van der Waals surface area contributed by atoms with Crippen LogP contribution in [0.5, 0.6) is 5.75 Å². The summed E-state index contributed by atoms with van der Waals surface area (Å²) in [7, 11) is 5.20. The first-order valence-electron chi connectivity index (χ1n) is 5.57. The van der Waals surface area contributed by atoms with Crippen molar-refractivity contribution in [3.05, 3.63) is 23.3 Å². The number of rotatable bonds is 4. The Balaban J connectivity index is 3.04. The van der Waals surface area contributed by atoms with Gasteiger partial charge in [-0.25, -0.2) is 0 Å². The van der Waals surface area contributed by atoms with Crippen molar-refractivity contribution in [2.24, 2.45) is 0 Å². The van der Waals surface area contributed by atoms with Crippen molar-refractivity contribution in [1.82, 2.24) is 5.32 Å². The number of carbonyl (C=O) groups excluding carboxylic acids is 1. The average Bonchev–Trinajstić information content (AvgIpc) is 2.27. The molecule has 1 N–H and O–H groups in total. The molecule has 0 spiro atoms. The Bertz CT molecular complexity index is 393. The summed E-state index contributed by atoms with van der Waals surface area (Å²) in [4.78, 5) is 13.4. The molecule has 0 saturated heterocycles. The van der Waals surface area contributed by atoms with Crippen LogP contribution in [-0.4, -0.2) is 33.7 Å². The molecular formula is C13H20N2O2. The van der Waals surface area contributed by atoms with Crippen LogP contribution in [-0.2, 0) is 4.79 Å². The van der Waals surface area contributed by atoms with E-state index in [1.807, 2.05) is 26.0 Å². The second-order valence-corrected chi connectivity index (χ2v) is 4.10. The minimum Gasteiger partial charge on any atom is -0.496 e. The Labute approximate surface area is 103 Å². The smallest absolute Gasteiger partial charge is 0.240 e. The molecule has 0 saturated carbocycles. The number of carbonyl (C=O) groups is 1. The van der Waals surface area contributed by atoms with Gasteiger partial charge in [-0.2, -0.15) is 0 Å². The van der Waals surface area contributed by atoms with E-state index in [4.69, 9.17) is 4.74 Å². The quantitative estimate of drug-likeness (QED) is 0.861. The molecule has 17 heavy (non-hydrogen) atoms. The second-order valence-electron chi connectivity index (χ2n) is 4.10. The summed E-state index contributed by atoms with van der Waals surface area (Å²) in [6, 6.07) is 3.92. The molecule has 1 amide bonds. The van der Waals surface area contributed by atoms with Crippen LogP contribution >= 0.6 is 0 Å². The Kier molecular flexibility index (Phi) is 4.52. The van der Waals surface area contributed by atoms with Gasteiger partial charge in [0, 0.05) is 12.7 Å². The molecule has 1 rings (SSSR count). The number of ether oxygens (including phenoxy) is 1. The summed E-state index contributed by atoms with van der Waals surface area (Å²) in [5, 5.41) is 2.85. The maximum Gasteiger partial charge on any atom is 0.240 e. The van der Waals surface area contributed by atoms with Crippen molar-refractivity contribution in [3.8, 4) is 5.75 Å². The number of aryl methyl sites for hydroxylation is 2. The van der Waals surface area contributed by atoms with Crippen LogP contribution in [0.2, 0.25) is 0 Å². The maximum atomic E-state index is 11.8. The predicted molar refractivity (Wildman–Crippen MR) is 69.8 cm³/mol. The van der Waals surface area contributed by atoms with E-state index >= 15 is 0 Å². The summed E-state index contributed by atoms with van der Waals surface area (Å²) in [5.41, 5.74) is 2.96. The van der Waals surface area contributed by atoms with Gasteiger partial charge in [0.25, 0.3) is 0 Å². The molecule has 0 heterocycles. The minimum absolute atomic E-state index is 0.0384. The molecule has 0 aliphatic heterocycles. The fourth-order valence-corrected chi connectivity index (χ4v) is 1.86. The van der Waals surface area contributed by atoms with Crippen LogP contribution in [0.25, 0.3) is 0 Å². The number of anilines is 1. The van der Waals surface area contributed by atoms with Gasteiger partial charge in [-0.15, -0.1) is 0 Å². The van der Waals surface area contributed by atoms with Crippen LogP contribution in [0.3, 0.4) is 0 Å². The molecule has 0 unspecified atom stereocenters. The number of hydrogen-bond acceptors (Lipinski definition) is 3. The van der Waals surface area contributed by atoms with Gasteiger partial charge in [-0.1, -0.05) is 0 Å². The van der Waals surface area contributed by atoms with Crippen molar-refractivity contribution in [1.29, 1.82) is 0 Å². The number of amides is 1. The largest absolute Gasteiger partial charge is 0.496 e. The van der Waals surface area contributed by atoms with Crippen molar-refractivity contribution >= 4 is 11.6 Å². The molecule has 4 heteroatoms. The lowest BCUT2D eigenvalue weighted by molar-refractivity contribution is -0.117. The van der Waals surface area contributed by atoms with Gasteiger partial charge in [0.15, 0.2) is 0 Å². The van der Waals surface area contributed by atoms with Crippen molar-refractivity contribution in [3.63, 3.8) is 0 Å². The van der Waals surface area contributed by atoms with Crippen LogP contribution < -0.4 is 15.0 Å².